The van der Waals surface area contributed by atoms with Gasteiger partial charge >= 0.3 is 0 Å². The van der Waals surface area contributed by atoms with Crippen molar-refractivity contribution in [2.75, 3.05) is 17.2 Å². The van der Waals surface area contributed by atoms with Gasteiger partial charge in [0.25, 0.3) is 5.91 Å². The van der Waals surface area contributed by atoms with Gasteiger partial charge in [-0.1, -0.05) is 54.2 Å². The Labute approximate surface area is 185 Å². The third-order valence-electron chi connectivity index (χ3n) is 4.25. The number of rotatable bonds is 8. The highest BCUT2D eigenvalue weighted by Gasteiger charge is 2.18. The quantitative estimate of drug-likeness (QED) is 0.481. The van der Waals surface area contributed by atoms with Crippen LogP contribution in [0.25, 0.3) is 0 Å². The number of anilines is 2. The Bertz CT molecular complexity index is 887. The Morgan fingerprint density at radius 1 is 0.931 bits per heavy atom. The summed E-state index contributed by atoms with van der Waals surface area (Å²) in [6.07, 6.45) is 2.24. The van der Waals surface area contributed by atoms with E-state index in [9.17, 15) is 9.59 Å². The standard InChI is InChI=1S/C21H23Cl3N2O3/c1-4-5-9-16(27)25-14-7-6-8-15(10-14)26-17(28)11-29-21-19(23)12(2)18(22)13(3)20(21)24/h6-8,10H,4-5,9,11H2,1-3H3,(H,25,27)(H,26,28). The Kier molecular flexibility index (Phi) is 8.62. The first-order chi connectivity index (χ1) is 13.7. The molecule has 0 heterocycles. The van der Waals surface area contributed by atoms with Crippen molar-refractivity contribution in [1.29, 1.82) is 0 Å². The number of unbranched alkanes of at least 4 members (excludes halogenated alkanes) is 1. The molecular formula is C21H23Cl3N2O3. The van der Waals surface area contributed by atoms with Crippen molar-refractivity contribution in [1.82, 2.24) is 0 Å². The van der Waals surface area contributed by atoms with Gasteiger partial charge < -0.3 is 15.4 Å². The zero-order valence-corrected chi connectivity index (χ0v) is 18.8. The van der Waals surface area contributed by atoms with Gasteiger partial charge in [0.05, 0.1) is 10.0 Å². The highest BCUT2D eigenvalue weighted by Crippen LogP contribution is 2.42. The summed E-state index contributed by atoms with van der Waals surface area (Å²) in [4.78, 5) is 24.1. The lowest BCUT2D eigenvalue weighted by atomic mass is 10.1. The molecule has 0 aliphatic rings. The number of carbonyl (C=O) groups is 2. The molecule has 0 atom stereocenters. The number of nitrogens with one attached hydrogen (secondary N) is 2. The second-order valence-electron chi connectivity index (χ2n) is 6.59. The summed E-state index contributed by atoms with van der Waals surface area (Å²) in [7, 11) is 0. The van der Waals surface area contributed by atoms with Gasteiger partial charge in [-0.25, -0.2) is 0 Å². The zero-order chi connectivity index (χ0) is 21.6. The van der Waals surface area contributed by atoms with Crippen molar-refractivity contribution in [3.8, 4) is 5.75 Å². The van der Waals surface area contributed by atoms with E-state index >= 15 is 0 Å². The van der Waals surface area contributed by atoms with Crippen molar-refractivity contribution in [2.45, 2.75) is 40.0 Å². The van der Waals surface area contributed by atoms with E-state index in [0.29, 0.717) is 33.9 Å². The molecule has 2 rings (SSSR count). The summed E-state index contributed by atoms with van der Waals surface area (Å²) in [5.74, 6) is -0.229. The maximum atomic E-state index is 12.3. The average molecular weight is 458 g/mol. The smallest absolute Gasteiger partial charge is 0.262 e. The summed E-state index contributed by atoms with van der Waals surface area (Å²) >= 11 is 18.7. The molecule has 0 spiro atoms. The number of amides is 2. The van der Waals surface area contributed by atoms with Crippen LogP contribution in [0.2, 0.25) is 15.1 Å². The van der Waals surface area contributed by atoms with Crippen LogP contribution in [0.1, 0.15) is 37.3 Å². The largest absolute Gasteiger partial charge is 0.481 e. The second-order valence-corrected chi connectivity index (χ2v) is 7.72. The number of halogens is 3. The molecule has 8 heteroatoms. The molecule has 2 amide bonds. The minimum Gasteiger partial charge on any atom is -0.481 e. The third kappa shape index (κ3) is 6.26. The van der Waals surface area contributed by atoms with E-state index in [4.69, 9.17) is 39.5 Å². The number of carbonyl (C=O) groups excluding carboxylic acids is 2. The van der Waals surface area contributed by atoms with Crippen molar-refractivity contribution in [3.63, 3.8) is 0 Å². The minimum absolute atomic E-state index is 0.0589. The van der Waals surface area contributed by atoms with Crippen LogP contribution < -0.4 is 15.4 Å². The van der Waals surface area contributed by atoms with Gasteiger partial charge in [0, 0.05) is 22.8 Å². The van der Waals surface area contributed by atoms with Crippen LogP contribution in [0.4, 0.5) is 11.4 Å². The van der Waals surface area contributed by atoms with Crippen LogP contribution in [0.15, 0.2) is 24.3 Å². The van der Waals surface area contributed by atoms with E-state index < -0.39 is 5.91 Å². The van der Waals surface area contributed by atoms with Gasteiger partial charge in [-0.15, -0.1) is 0 Å². The number of ether oxygens (including phenoxy) is 1. The summed E-state index contributed by atoms with van der Waals surface area (Å²) in [5.41, 5.74) is 2.42. The highest BCUT2D eigenvalue weighted by molar-refractivity contribution is 6.42. The predicted octanol–water partition coefficient (Wildman–Crippen LogP) is 6.41. The van der Waals surface area contributed by atoms with Gasteiger partial charge in [-0.3, -0.25) is 9.59 Å². The lowest BCUT2D eigenvalue weighted by Gasteiger charge is -2.15. The molecule has 5 nitrogen and oxygen atoms in total. The molecule has 0 saturated heterocycles. The van der Waals surface area contributed by atoms with Crippen LogP contribution in [0.5, 0.6) is 5.75 Å². The first-order valence-corrected chi connectivity index (χ1v) is 10.3. The van der Waals surface area contributed by atoms with E-state index in [1.807, 2.05) is 6.92 Å². The second kappa shape index (κ2) is 10.7. The molecule has 0 fully saturated rings. The third-order valence-corrected chi connectivity index (χ3v) is 5.73. The molecule has 0 radical (unpaired) electrons. The van der Waals surface area contributed by atoms with Crippen molar-refractivity contribution in [2.24, 2.45) is 0 Å². The van der Waals surface area contributed by atoms with E-state index in [1.165, 1.54) is 0 Å². The van der Waals surface area contributed by atoms with Crippen LogP contribution in [-0.4, -0.2) is 18.4 Å². The first-order valence-electron chi connectivity index (χ1n) is 9.20. The number of hydrogen-bond donors (Lipinski definition) is 2. The summed E-state index contributed by atoms with van der Waals surface area (Å²) < 4.78 is 5.55. The Morgan fingerprint density at radius 3 is 2.03 bits per heavy atom. The van der Waals surface area contributed by atoms with E-state index in [2.05, 4.69) is 10.6 Å². The Hall–Kier alpha value is -1.95. The molecule has 2 aromatic carbocycles. The maximum absolute atomic E-state index is 12.3. The molecule has 0 unspecified atom stereocenters. The summed E-state index contributed by atoms with van der Waals surface area (Å²) in [6, 6.07) is 6.90. The fourth-order valence-corrected chi connectivity index (χ4v) is 3.43. The lowest BCUT2D eigenvalue weighted by molar-refractivity contribution is -0.118. The van der Waals surface area contributed by atoms with Gasteiger partial charge in [0.1, 0.15) is 0 Å². The van der Waals surface area contributed by atoms with Gasteiger partial charge in [-0.2, -0.15) is 0 Å². The fourth-order valence-electron chi connectivity index (χ4n) is 2.61. The molecule has 0 aromatic heterocycles. The Morgan fingerprint density at radius 2 is 1.48 bits per heavy atom. The van der Waals surface area contributed by atoms with Crippen LogP contribution in [0, 0.1) is 13.8 Å². The van der Waals surface area contributed by atoms with Crippen molar-refractivity contribution in [3.05, 3.63) is 50.5 Å². The fraction of sp³-hybridized carbons (Fsp3) is 0.333. The molecule has 0 bridgehead atoms. The minimum atomic E-state index is -0.392. The molecular weight excluding hydrogens is 435 g/mol. The molecule has 2 aromatic rings. The van der Waals surface area contributed by atoms with Crippen LogP contribution in [-0.2, 0) is 9.59 Å². The van der Waals surface area contributed by atoms with Crippen LogP contribution >= 0.6 is 34.8 Å². The van der Waals surface area contributed by atoms with Gasteiger partial charge in [0.2, 0.25) is 5.91 Å². The lowest BCUT2D eigenvalue weighted by Crippen LogP contribution is -2.20. The highest BCUT2D eigenvalue weighted by atomic mass is 35.5. The monoisotopic (exact) mass is 456 g/mol. The van der Waals surface area contributed by atoms with Crippen LogP contribution in [0.3, 0.4) is 0 Å². The zero-order valence-electron chi connectivity index (χ0n) is 16.5. The van der Waals surface area contributed by atoms with Gasteiger partial charge in [-0.05, 0) is 49.6 Å². The number of hydrogen-bond acceptors (Lipinski definition) is 3. The molecule has 0 aliphatic heterocycles. The van der Waals surface area contributed by atoms with Crippen molar-refractivity contribution >= 4 is 58.0 Å². The van der Waals surface area contributed by atoms with E-state index in [-0.39, 0.29) is 28.3 Å². The molecule has 156 valence electrons. The van der Waals surface area contributed by atoms with E-state index in [1.54, 1.807) is 38.1 Å². The summed E-state index contributed by atoms with van der Waals surface area (Å²) in [6.45, 7) is 5.24. The topological polar surface area (TPSA) is 67.4 Å². The SMILES string of the molecule is CCCCC(=O)Nc1cccc(NC(=O)COc2c(Cl)c(C)c(Cl)c(C)c2Cl)c1. The Balaban J connectivity index is 2.00. The molecule has 0 saturated carbocycles. The molecule has 29 heavy (non-hydrogen) atoms. The molecule has 2 N–H and O–H groups in total. The maximum Gasteiger partial charge on any atom is 0.262 e. The van der Waals surface area contributed by atoms with Crippen molar-refractivity contribution < 1.29 is 14.3 Å². The summed E-state index contributed by atoms with van der Waals surface area (Å²) in [5, 5.41) is 6.55. The molecule has 0 aliphatic carbocycles. The van der Waals surface area contributed by atoms with E-state index in [0.717, 1.165) is 12.8 Å². The normalized spacial score (nSPS) is 10.6. The van der Waals surface area contributed by atoms with Gasteiger partial charge in [0.15, 0.2) is 12.4 Å². The first kappa shape index (κ1) is 23.3. The average Bonchev–Trinajstić information content (AvgIpc) is 2.69. The number of benzene rings is 2. The predicted molar refractivity (Wildman–Crippen MR) is 120 cm³/mol.